The van der Waals surface area contributed by atoms with E-state index in [0.717, 1.165) is 48.6 Å². The Labute approximate surface area is 171 Å². The third kappa shape index (κ3) is 4.88. The number of hydrogen-bond acceptors (Lipinski definition) is 4. The second-order valence-corrected chi connectivity index (χ2v) is 7.37. The number of pyridine rings is 1. The number of hydrogen-bond donors (Lipinski definition) is 1. The molecule has 0 aliphatic carbocycles. The smallest absolute Gasteiger partial charge is 0.337 e. The molecule has 3 aromatic rings. The van der Waals surface area contributed by atoms with E-state index in [2.05, 4.69) is 25.8 Å². The third-order valence-electron chi connectivity index (χ3n) is 5.22. The summed E-state index contributed by atoms with van der Waals surface area (Å²) < 4.78 is 2.05. The molecule has 0 amide bonds. The van der Waals surface area contributed by atoms with Crippen LogP contribution in [0.1, 0.15) is 73.5 Å². The number of unbranched alkanes of at least 4 members (excludes halogenated alkanes) is 1. The normalized spacial score (nSPS) is 12.1. The van der Waals surface area contributed by atoms with Gasteiger partial charge < -0.3 is 5.11 Å². The van der Waals surface area contributed by atoms with Gasteiger partial charge in [-0.1, -0.05) is 51.5 Å². The zero-order valence-electron chi connectivity index (χ0n) is 17.3. The topological polar surface area (TPSA) is 80.9 Å². The number of rotatable bonds is 9. The molecular weight excluding hydrogens is 364 g/mol. The summed E-state index contributed by atoms with van der Waals surface area (Å²) in [6, 6.07) is 9.71. The first kappa shape index (κ1) is 20.7. The van der Waals surface area contributed by atoms with E-state index in [1.54, 1.807) is 12.3 Å². The molecule has 0 saturated heterocycles. The van der Waals surface area contributed by atoms with Gasteiger partial charge in [0.05, 0.1) is 5.56 Å². The van der Waals surface area contributed by atoms with Crippen molar-refractivity contribution in [2.24, 2.45) is 0 Å². The Morgan fingerprint density at radius 3 is 2.59 bits per heavy atom. The highest BCUT2D eigenvalue weighted by atomic mass is 16.4. The Hall–Kier alpha value is -3.02. The van der Waals surface area contributed by atoms with Crippen molar-refractivity contribution in [2.45, 2.75) is 58.9 Å². The Kier molecular flexibility index (Phi) is 6.75. The van der Waals surface area contributed by atoms with Crippen LogP contribution in [-0.4, -0.2) is 30.8 Å². The lowest BCUT2D eigenvalue weighted by Gasteiger charge is -2.08. The van der Waals surface area contributed by atoms with Gasteiger partial charge in [0, 0.05) is 31.3 Å². The molecule has 0 radical (unpaired) electrons. The Balaban J connectivity index is 1.84. The van der Waals surface area contributed by atoms with Gasteiger partial charge in [-0.2, -0.15) is 5.10 Å². The molecule has 1 N–H and O–H groups in total. The lowest BCUT2D eigenvalue weighted by atomic mass is 10.00. The SMILES string of the molecule is CCCCn1nc(C(C)CC)nc1Cc1ccc(-c2ccncc2C(=O)O)cc1. The van der Waals surface area contributed by atoms with Crippen molar-refractivity contribution in [3.8, 4) is 11.1 Å². The van der Waals surface area contributed by atoms with Crippen molar-refractivity contribution < 1.29 is 9.90 Å². The van der Waals surface area contributed by atoms with Crippen molar-refractivity contribution in [3.05, 3.63) is 65.5 Å². The van der Waals surface area contributed by atoms with E-state index < -0.39 is 5.97 Å². The molecule has 1 aromatic carbocycles. The molecule has 0 aliphatic rings. The van der Waals surface area contributed by atoms with Crippen LogP contribution in [-0.2, 0) is 13.0 Å². The zero-order chi connectivity index (χ0) is 20.8. The number of carbonyl (C=O) groups is 1. The summed E-state index contributed by atoms with van der Waals surface area (Å²) in [6.45, 7) is 7.37. The lowest BCUT2D eigenvalue weighted by molar-refractivity contribution is 0.0697. The Bertz CT molecular complexity index is 963. The summed E-state index contributed by atoms with van der Waals surface area (Å²) in [4.78, 5) is 20.2. The van der Waals surface area contributed by atoms with Crippen molar-refractivity contribution in [1.29, 1.82) is 0 Å². The van der Waals surface area contributed by atoms with Crippen LogP contribution in [0.2, 0.25) is 0 Å². The largest absolute Gasteiger partial charge is 0.478 e. The van der Waals surface area contributed by atoms with Gasteiger partial charge in [0.2, 0.25) is 0 Å². The number of aromatic carboxylic acids is 1. The molecule has 2 aromatic heterocycles. The first-order valence-corrected chi connectivity index (χ1v) is 10.2. The van der Waals surface area contributed by atoms with Gasteiger partial charge in [-0.05, 0) is 35.6 Å². The Morgan fingerprint density at radius 2 is 1.93 bits per heavy atom. The summed E-state index contributed by atoms with van der Waals surface area (Å²) in [6.07, 6.45) is 6.92. The van der Waals surface area contributed by atoms with Gasteiger partial charge in [0.25, 0.3) is 0 Å². The molecule has 29 heavy (non-hydrogen) atoms. The van der Waals surface area contributed by atoms with Crippen LogP contribution in [0.4, 0.5) is 0 Å². The lowest BCUT2D eigenvalue weighted by Crippen LogP contribution is -2.07. The van der Waals surface area contributed by atoms with Gasteiger partial charge in [-0.3, -0.25) is 4.98 Å². The number of aromatic nitrogens is 4. The van der Waals surface area contributed by atoms with Crippen LogP contribution in [0.25, 0.3) is 11.1 Å². The van der Waals surface area contributed by atoms with E-state index in [9.17, 15) is 9.90 Å². The molecule has 0 fully saturated rings. The van der Waals surface area contributed by atoms with Crippen molar-refractivity contribution >= 4 is 5.97 Å². The van der Waals surface area contributed by atoms with E-state index >= 15 is 0 Å². The van der Waals surface area contributed by atoms with Crippen LogP contribution >= 0.6 is 0 Å². The first-order valence-electron chi connectivity index (χ1n) is 10.2. The minimum absolute atomic E-state index is 0.206. The minimum atomic E-state index is -0.973. The van der Waals surface area contributed by atoms with Crippen molar-refractivity contribution in [1.82, 2.24) is 19.7 Å². The summed E-state index contributed by atoms with van der Waals surface area (Å²) in [5.41, 5.74) is 2.86. The maximum Gasteiger partial charge on any atom is 0.337 e. The summed E-state index contributed by atoms with van der Waals surface area (Å²) in [5.74, 6) is 1.27. The molecule has 0 bridgehead atoms. The summed E-state index contributed by atoms with van der Waals surface area (Å²) in [7, 11) is 0. The molecule has 152 valence electrons. The standard InChI is InChI=1S/C23H28N4O2/c1-4-6-13-27-21(25-22(26-27)16(3)5-2)14-17-7-9-18(10-8-17)19-11-12-24-15-20(19)23(28)29/h7-12,15-16H,4-6,13-14H2,1-3H3,(H,28,29). The molecule has 1 unspecified atom stereocenters. The van der Waals surface area contributed by atoms with Crippen LogP contribution < -0.4 is 0 Å². The molecule has 1 atom stereocenters. The predicted octanol–water partition coefficient (Wildman–Crippen LogP) is 4.94. The average Bonchev–Trinajstić information content (AvgIpc) is 3.14. The van der Waals surface area contributed by atoms with Crippen LogP contribution in [0, 0.1) is 0 Å². The second-order valence-electron chi connectivity index (χ2n) is 7.37. The van der Waals surface area contributed by atoms with E-state index in [1.165, 1.54) is 6.20 Å². The third-order valence-corrected chi connectivity index (χ3v) is 5.22. The molecular formula is C23H28N4O2. The number of aryl methyl sites for hydroxylation is 1. The highest BCUT2D eigenvalue weighted by Crippen LogP contribution is 2.24. The first-order chi connectivity index (χ1) is 14.0. The fraction of sp³-hybridized carbons (Fsp3) is 0.391. The molecule has 6 heteroatoms. The molecule has 0 spiro atoms. The molecule has 6 nitrogen and oxygen atoms in total. The Morgan fingerprint density at radius 1 is 1.17 bits per heavy atom. The van der Waals surface area contributed by atoms with Gasteiger partial charge in [0.1, 0.15) is 5.82 Å². The highest BCUT2D eigenvalue weighted by molar-refractivity contribution is 5.95. The molecule has 0 saturated carbocycles. The zero-order valence-corrected chi connectivity index (χ0v) is 17.3. The van der Waals surface area contributed by atoms with Gasteiger partial charge >= 0.3 is 5.97 Å². The highest BCUT2D eigenvalue weighted by Gasteiger charge is 2.15. The summed E-state index contributed by atoms with van der Waals surface area (Å²) in [5, 5.41) is 14.1. The maximum atomic E-state index is 11.5. The van der Waals surface area contributed by atoms with Crippen LogP contribution in [0.15, 0.2) is 42.7 Å². The molecule has 0 aliphatic heterocycles. The van der Waals surface area contributed by atoms with Crippen molar-refractivity contribution in [2.75, 3.05) is 0 Å². The monoisotopic (exact) mass is 392 g/mol. The van der Waals surface area contributed by atoms with E-state index in [1.807, 2.05) is 28.9 Å². The van der Waals surface area contributed by atoms with E-state index in [0.29, 0.717) is 17.9 Å². The average molecular weight is 393 g/mol. The predicted molar refractivity (Wildman–Crippen MR) is 113 cm³/mol. The van der Waals surface area contributed by atoms with Gasteiger partial charge in [-0.25, -0.2) is 14.5 Å². The number of carboxylic acids is 1. The molecule has 3 rings (SSSR count). The van der Waals surface area contributed by atoms with E-state index in [4.69, 9.17) is 10.1 Å². The fourth-order valence-electron chi connectivity index (χ4n) is 3.20. The molecule has 2 heterocycles. The maximum absolute atomic E-state index is 11.5. The number of benzene rings is 1. The second kappa shape index (κ2) is 9.45. The van der Waals surface area contributed by atoms with Crippen LogP contribution in [0.5, 0.6) is 0 Å². The van der Waals surface area contributed by atoms with E-state index in [-0.39, 0.29) is 5.56 Å². The van der Waals surface area contributed by atoms with Crippen molar-refractivity contribution in [3.63, 3.8) is 0 Å². The van der Waals surface area contributed by atoms with Gasteiger partial charge in [0.15, 0.2) is 5.82 Å². The quantitative estimate of drug-likeness (QED) is 0.558. The summed E-state index contributed by atoms with van der Waals surface area (Å²) >= 11 is 0. The van der Waals surface area contributed by atoms with Crippen LogP contribution in [0.3, 0.4) is 0 Å². The fourth-order valence-corrected chi connectivity index (χ4v) is 3.20. The van der Waals surface area contributed by atoms with Gasteiger partial charge in [-0.15, -0.1) is 0 Å². The number of carboxylic acid groups (broad SMARTS) is 1. The minimum Gasteiger partial charge on any atom is -0.478 e. The number of nitrogens with zero attached hydrogens (tertiary/aromatic N) is 4.